The summed E-state index contributed by atoms with van der Waals surface area (Å²) in [5.74, 6) is -0.555. The molecule has 0 radical (unpaired) electrons. The summed E-state index contributed by atoms with van der Waals surface area (Å²) in [7, 11) is -4.08. The second kappa shape index (κ2) is 8.47. The first-order chi connectivity index (χ1) is 12.5. The molecule has 0 saturated carbocycles. The lowest BCUT2D eigenvalue weighted by Gasteiger charge is -2.23. The number of carbonyl (C=O) groups excluding carboxylic acids is 1. The molecule has 7 nitrogen and oxygen atoms in total. The van der Waals surface area contributed by atoms with Crippen LogP contribution in [0.2, 0.25) is 0 Å². The quantitative estimate of drug-likeness (QED) is 0.602. The minimum Gasteiger partial charge on any atom is -0.390 e. The Morgan fingerprint density at radius 1 is 1.22 bits per heavy atom. The molecule has 1 aromatic heterocycles. The van der Waals surface area contributed by atoms with Gasteiger partial charge in [-0.15, -0.1) is 11.3 Å². The SMILES string of the molecule is CC(C)(C)C(=O)N[C@@H](Cc1ccc(CS(=O)(=O)O)cc1)c1nc(CO)cs1. The second-order valence-corrected chi connectivity index (χ2v) is 9.70. The molecule has 9 heteroatoms. The van der Waals surface area contributed by atoms with Crippen LogP contribution in [0.3, 0.4) is 0 Å². The molecule has 3 N–H and O–H groups in total. The second-order valence-electron chi connectivity index (χ2n) is 7.36. The van der Waals surface area contributed by atoms with Gasteiger partial charge in [-0.2, -0.15) is 8.42 Å². The lowest BCUT2D eigenvalue weighted by molar-refractivity contribution is -0.129. The number of benzene rings is 1. The predicted octanol–water partition coefficient (Wildman–Crippen LogP) is 2.47. The van der Waals surface area contributed by atoms with Crippen molar-refractivity contribution in [2.45, 2.75) is 45.6 Å². The van der Waals surface area contributed by atoms with Gasteiger partial charge in [-0.25, -0.2) is 4.98 Å². The van der Waals surface area contributed by atoms with Gasteiger partial charge in [0.25, 0.3) is 10.1 Å². The Morgan fingerprint density at radius 3 is 2.30 bits per heavy atom. The Balaban J connectivity index is 2.21. The van der Waals surface area contributed by atoms with Crippen molar-refractivity contribution in [2.24, 2.45) is 5.41 Å². The highest BCUT2D eigenvalue weighted by molar-refractivity contribution is 7.85. The molecule has 0 saturated heterocycles. The van der Waals surface area contributed by atoms with Crippen LogP contribution < -0.4 is 5.32 Å². The number of hydrogen-bond donors (Lipinski definition) is 3. The van der Waals surface area contributed by atoms with Crippen molar-refractivity contribution in [1.82, 2.24) is 10.3 Å². The summed E-state index contributed by atoms with van der Waals surface area (Å²) in [6, 6.07) is 6.42. The number of nitrogens with zero attached hydrogens (tertiary/aromatic N) is 1. The average molecular weight is 413 g/mol. The zero-order valence-electron chi connectivity index (χ0n) is 15.5. The molecule has 2 rings (SSSR count). The zero-order valence-corrected chi connectivity index (χ0v) is 17.1. The summed E-state index contributed by atoms with van der Waals surface area (Å²) in [5.41, 5.74) is 1.35. The number of hydrogen-bond acceptors (Lipinski definition) is 6. The van der Waals surface area contributed by atoms with E-state index in [1.165, 1.54) is 11.3 Å². The topological polar surface area (TPSA) is 117 Å². The molecule has 0 unspecified atom stereocenters. The van der Waals surface area contributed by atoms with Crippen LogP contribution in [0.4, 0.5) is 0 Å². The molecular weight excluding hydrogens is 388 g/mol. The van der Waals surface area contributed by atoms with E-state index in [9.17, 15) is 18.3 Å². The number of aliphatic hydroxyl groups excluding tert-OH is 1. The predicted molar refractivity (Wildman–Crippen MR) is 104 cm³/mol. The highest BCUT2D eigenvalue weighted by Crippen LogP contribution is 2.25. The Bertz CT molecular complexity index is 883. The van der Waals surface area contributed by atoms with Crippen molar-refractivity contribution in [1.29, 1.82) is 0 Å². The van der Waals surface area contributed by atoms with Crippen molar-refractivity contribution >= 4 is 27.4 Å². The maximum Gasteiger partial charge on any atom is 0.269 e. The van der Waals surface area contributed by atoms with Crippen LogP contribution in [0.1, 0.15) is 48.6 Å². The highest BCUT2D eigenvalue weighted by atomic mass is 32.2. The first-order valence-electron chi connectivity index (χ1n) is 8.37. The van der Waals surface area contributed by atoms with Gasteiger partial charge >= 0.3 is 0 Å². The van der Waals surface area contributed by atoms with Crippen molar-refractivity contribution in [3.8, 4) is 0 Å². The van der Waals surface area contributed by atoms with Gasteiger partial charge in [0.05, 0.1) is 18.3 Å². The maximum absolute atomic E-state index is 12.4. The molecule has 0 aliphatic heterocycles. The molecule has 27 heavy (non-hydrogen) atoms. The van der Waals surface area contributed by atoms with Crippen molar-refractivity contribution < 1.29 is 22.9 Å². The van der Waals surface area contributed by atoms with Crippen molar-refractivity contribution in [3.05, 3.63) is 51.5 Å². The molecule has 2 aromatic rings. The zero-order chi connectivity index (χ0) is 20.2. The summed E-state index contributed by atoms with van der Waals surface area (Å²) >= 11 is 1.37. The van der Waals surface area contributed by atoms with Crippen LogP contribution in [0, 0.1) is 5.41 Å². The van der Waals surface area contributed by atoms with Crippen LogP contribution in [0.15, 0.2) is 29.6 Å². The summed E-state index contributed by atoms with van der Waals surface area (Å²) in [5, 5.41) is 14.7. The van der Waals surface area contributed by atoms with Crippen LogP contribution in [-0.4, -0.2) is 29.0 Å². The number of thiazole rings is 1. The third-order valence-corrected chi connectivity index (χ3v) is 5.53. The van der Waals surface area contributed by atoms with Crippen LogP contribution in [-0.2, 0) is 33.7 Å². The third-order valence-electron chi connectivity index (χ3n) is 3.83. The average Bonchev–Trinajstić information content (AvgIpc) is 3.02. The summed E-state index contributed by atoms with van der Waals surface area (Å²) in [6.07, 6.45) is 0.465. The fourth-order valence-corrected chi connectivity index (χ4v) is 3.82. The number of carbonyl (C=O) groups is 1. The van der Waals surface area contributed by atoms with Gasteiger partial charge in [0.1, 0.15) is 10.8 Å². The van der Waals surface area contributed by atoms with Gasteiger partial charge in [-0.05, 0) is 17.5 Å². The summed E-state index contributed by atoms with van der Waals surface area (Å²) < 4.78 is 30.9. The minimum absolute atomic E-state index is 0.115. The summed E-state index contributed by atoms with van der Waals surface area (Å²) in [6.45, 7) is 5.31. The maximum atomic E-state index is 12.4. The fraction of sp³-hybridized carbons (Fsp3) is 0.444. The van der Waals surface area contributed by atoms with Crippen molar-refractivity contribution in [2.75, 3.05) is 0 Å². The smallest absolute Gasteiger partial charge is 0.269 e. The van der Waals surface area contributed by atoms with E-state index >= 15 is 0 Å². The monoisotopic (exact) mass is 412 g/mol. The number of amides is 1. The molecule has 1 heterocycles. The van der Waals surface area contributed by atoms with Crippen LogP contribution >= 0.6 is 11.3 Å². The standard InChI is InChI=1S/C18H24N2O5S2/c1-18(2,3)17(22)20-15(16-19-14(9-21)10-26-16)8-12-4-6-13(7-5-12)11-27(23,24)25/h4-7,10,15,21H,8-9,11H2,1-3H3,(H,20,22)(H,23,24,25)/t15-/m0/s1. The highest BCUT2D eigenvalue weighted by Gasteiger charge is 2.26. The van der Waals surface area contributed by atoms with E-state index in [1.807, 2.05) is 20.8 Å². The van der Waals surface area contributed by atoms with Crippen molar-refractivity contribution in [3.63, 3.8) is 0 Å². The normalized spacial score (nSPS) is 13.4. The van der Waals surface area contributed by atoms with E-state index in [2.05, 4.69) is 10.3 Å². The minimum atomic E-state index is -4.08. The first-order valence-corrected chi connectivity index (χ1v) is 10.9. The number of aliphatic hydroxyl groups is 1. The molecule has 1 aromatic carbocycles. The van der Waals surface area contributed by atoms with Gasteiger partial charge in [0.2, 0.25) is 5.91 Å². The summed E-state index contributed by atoms with van der Waals surface area (Å²) in [4.78, 5) is 16.8. The fourth-order valence-electron chi connectivity index (χ4n) is 2.35. The Labute approximate surface area is 163 Å². The molecular formula is C18H24N2O5S2. The lowest BCUT2D eigenvalue weighted by atomic mass is 9.94. The van der Waals surface area contributed by atoms with E-state index in [-0.39, 0.29) is 18.6 Å². The van der Waals surface area contributed by atoms with E-state index < -0.39 is 21.3 Å². The molecule has 1 amide bonds. The van der Waals surface area contributed by atoms with E-state index in [1.54, 1.807) is 29.6 Å². The molecule has 0 aliphatic rings. The Kier molecular flexibility index (Phi) is 6.74. The molecule has 0 fully saturated rings. The largest absolute Gasteiger partial charge is 0.390 e. The lowest BCUT2D eigenvalue weighted by Crippen LogP contribution is -2.38. The molecule has 1 atom stereocenters. The number of rotatable bonds is 7. The number of nitrogens with one attached hydrogen (secondary N) is 1. The number of aromatic nitrogens is 1. The van der Waals surface area contributed by atoms with E-state index in [0.717, 1.165) is 5.56 Å². The molecule has 0 bridgehead atoms. The van der Waals surface area contributed by atoms with Crippen LogP contribution in [0.25, 0.3) is 0 Å². The van der Waals surface area contributed by atoms with Gasteiger partial charge in [-0.1, -0.05) is 45.0 Å². The Hall–Kier alpha value is -1.81. The van der Waals surface area contributed by atoms with Crippen LogP contribution in [0.5, 0.6) is 0 Å². The first kappa shape index (κ1) is 21.5. The van der Waals surface area contributed by atoms with E-state index in [0.29, 0.717) is 22.7 Å². The van der Waals surface area contributed by atoms with Gasteiger partial charge in [0, 0.05) is 10.8 Å². The van der Waals surface area contributed by atoms with E-state index in [4.69, 9.17) is 4.55 Å². The molecule has 0 spiro atoms. The third kappa shape index (κ3) is 6.69. The van der Waals surface area contributed by atoms with Gasteiger partial charge < -0.3 is 10.4 Å². The Morgan fingerprint density at radius 2 is 1.81 bits per heavy atom. The molecule has 0 aliphatic carbocycles. The van der Waals surface area contributed by atoms with Gasteiger partial charge in [-0.3, -0.25) is 9.35 Å². The molecule has 148 valence electrons. The van der Waals surface area contributed by atoms with Gasteiger partial charge in [0.15, 0.2) is 0 Å².